The molecule has 146 valence electrons. The highest BCUT2D eigenvalue weighted by Gasteiger charge is 2.16. The molecule has 6 nitrogen and oxygen atoms in total. The van der Waals surface area contributed by atoms with Gasteiger partial charge < -0.3 is 20.0 Å². The minimum absolute atomic E-state index is 0.662. The van der Waals surface area contributed by atoms with Gasteiger partial charge in [0.15, 0.2) is 5.96 Å². The lowest BCUT2D eigenvalue weighted by Crippen LogP contribution is -2.46. The van der Waals surface area contributed by atoms with E-state index in [1.807, 2.05) is 6.20 Å². The van der Waals surface area contributed by atoms with Crippen LogP contribution in [0.2, 0.25) is 0 Å². The maximum atomic E-state index is 4.77. The number of hydrogen-bond acceptors (Lipinski definition) is 4. The molecule has 0 bridgehead atoms. The SMILES string of the molecule is CCCCN(C)C(=NCc1ccc(N2CCN(CC)CC2)nc1)NCC. The van der Waals surface area contributed by atoms with Crippen molar-refractivity contribution >= 4 is 11.8 Å². The number of unbranched alkanes of at least 4 members (excludes halogenated alkanes) is 1. The number of hydrogen-bond donors (Lipinski definition) is 1. The van der Waals surface area contributed by atoms with Crippen molar-refractivity contribution in [1.82, 2.24) is 20.1 Å². The average Bonchev–Trinajstić information content (AvgIpc) is 2.69. The summed E-state index contributed by atoms with van der Waals surface area (Å²) < 4.78 is 0. The number of piperazine rings is 1. The molecular formula is C20H36N6. The fourth-order valence-electron chi connectivity index (χ4n) is 3.13. The third-order valence-corrected chi connectivity index (χ3v) is 4.91. The van der Waals surface area contributed by atoms with E-state index in [1.54, 1.807) is 0 Å². The van der Waals surface area contributed by atoms with Crippen molar-refractivity contribution in [3.63, 3.8) is 0 Å². The predicted octanol–water partition coefficient (Wildman–Crippen LogP) is 2.42. The van der Waals surface area contributed by atoms with Crippen molar-refractivity contribution in [3.05, 3.63) is 23.9 Å². The second kappa shape index (κ2) is 11.0. The summed E-state index contributed by atoms with van der Waals surface area (Å²) in [5.74, 6) is 2.06. The Kier molecular flexibility index (Phi) is 8.68. The third kappa shape index (κ3) is 6.16. The maximum absolute atomic E-state index is 4.77. The third-order valence-electron chi connectivity index (χ3n) is 4.91. The Labute approximate surface area is 159 Å². The normalized spacial score (nSPS) is 16.0. The first-order valence-corrected chi connectivity index (χ1v) is 10.1. The second-order valence-electron chi connectivity index (χ2n) is 6.89. The van der Waals surface area contributed by atoms with Gasteiger partial charge in [0.25, 0.3) is 0 Å². The fraction of sp³-hybridized carbons (Fsp3) is 0.700. The Bertz CT molecular complexity index is 534. The Morgan fingerprint density at radius 3 is 2.54 bits per heavy atom. The minimum Gasteiger partial charge on any atom is -0.357 e. The number of rotatable bonds is 8. The van der Waals surface area contributed by atoms with E-state index in [9.17, 15) is 0 Å². The first-order valence-electron chi connectivity index (χ1n) is 10.1. The molecule has 1 aliphatic rings. The monoisotopic (exact) mass is 360 g/mol. The van der Waals surface area contributed by atoms with Crippen molar-refractivity contribution in [2.24, 2.45) is 4.99 Å². The van der Waals surface area contributed by atoms with Crippen LogP contribution in [0.3, 0.4) is 0 Å². The maximum Gasteiger partial charge on any atom is 0.193 e. The molecule has 2 heterocycles. The van der Waals surface area contributed by atoms with Crippen LogP contribution in [0.15, 0.2) is 23.3 Å². The van der Waals surface area contributed by atoms with E-state index < -0.39 is 0 Å². The summed E-state index contributed by atoms with van der Waals surface area (Å²) in [6.07, 6.45) is 4.35. The minimum atomic E-state index is 0.662. The van der Waals surface area contributed by atoms with Crippen molar-refractivity contribution in [3.8, 4) is 0 Å². The molecule has 1 N–H and O–H groups in total. The van der Waals surface area contributed by atoms with Crippen LogP contribution in [0.25, 0.3) is 0 Å². The van der Waals surface area contributed by atoms with Gasteiger partial charge in [0, 0.05) is 52.5 Å². The summed E-state index contributed by atoms with van der Waals surface area (Å²) in [7, 11) is 2.11. The summed E-state index contributed by atoms with van der Waals surface area (Å²) in [5.41, 5.74) is 1.15. The van der Waals surface area contributed by atoms with Crippen LogP contribution in [-0.4, -0.2) is 73.6 Å². The molecule has 2 rings (SSSR count). The van der Waals surface area contributed by atoms with Gasteiger partial charge in [-0.05, 0) is 31.5 Å². The standard InChI is InChI=1S/C20H36N6/c1-5-8-11-24(4)20(21-6-2)23-17-18-9-10-19(22-16-18)26-14-12-25(7-3)13-15-26/h9-10,16H,5-8,11-15,17H2,1-4H3,(H,21,23). The average molecular weight is 361 g/mol. The molecule has 0 aliphatic carbocycles. The van der Waals surface area contributed by atoms with E-state index in [0.29, 0.717) is 6.54 Å². The van der Waals surface area contributed by atoms with Gasteiger partial charge >= 0.3 is 0 Å². The van der Waals surface area contributed by atoms with Gasteiger partial charge in [0.1, 0.15) is 5.82 Å². The Balaban J connectivity index is 1.92. The highest BCUT2D eigenvalue weighted by atomic mass is 15.3. The molecule has 1 aromatic heterocycles. The van der Waals surface area contributed by atoms with Crippen molar-refractivity contribution in [1.29, 1.82) is 0 Å². The molecule has 1 aliphatic heterocycles. The smallest absolute Gasteiger partial charge is 0.193 e. The number of nitrogens with one attached hydrogen (secondary N) is 1. The number of pyridine rings is 1. The molecule has 1 aromatic rings. The summed E-state index contributed by atoms with van der Waals surface area (Å²) >= 11 is 0. The van der Waals surface area contributed by atoms with Crippen LogP contribution in [-0.2, 0) is 6.54 Å². The first kappa shape index (κ1) is 20.5. The predicted molar refractivity (Wildman–Crippen MR) is 111 cm³/mol. The lowest BCUT2D eigenvalue weighted by molar-refractivity contribution is 0.270. The van der Waals surface area contributed by atoms with Crippen LogP contribution in [0.1, 0.15) is 39.2 Å². The number of anilines is 1. The van der Waals surface area contributed by atoms with Crippen LogP contribution in [0.5, 0.6) is 0 Å². The van der Waals surface area contributed by atoms with E-state index in [2.05, 4.69) is 65.0 Å². The van der Waals surface area contributed by atoms with Crippen molar-refractivity contribution < 1.29 is 0 Å². The van der Waals surface area contributed by atoms with E-state index in [-0.39, 0.29) is 0 Å². The van der Waals surface area contributed by atoms with Crippen molar-refractivity contribution in [2.75, 3.05) is 57.8 Å². The van der Waals surface area contributed by atoms with Gasteiger partial charge in [-0.3, -0.25) is 0 Å². The van der Waals surface area contributed by atoms with Crippen LogP contribution >= 0.6 is 0 Å². The molecule has 0 amide bonds. The highest BCUT2D eigenvalue weighted by molar-refractivity contribution is 5.79. The zero-order chi connectivity index (χ0) is 18.8. The lowest BCUT2D eigenvalue weighted by atomic mass is 10.2. The van der Waals surface area contributed by atoms with E-state index in [1.165, 1.54) is 12.8 Å². The highest BCUT2D eigenvalue weighted by Crippen LogP contribution is 2.14. The van der Waals surface area contributed by atoms with Crippen LogP contribution < -0.4 is 10.2 Å². The largest absolute Gasteiger partial charge is 0.357 e. The molecule has 0 saturated carbocycles. The fourth-order valence-corrected chi connectivity index (χ4v) is 3.13. The lowest BCUT2D eigenvalue weighted by Gasteiger charge is -2.34. The molecule has 26 heavy (non-hydrogen) atoms. The van der Waals surface area contributed by atoms with Gasteiger partial charge in [-0.1, -0.05) is 26.3 Å². The zero-order valence-electron chi connectivity index (χ0n) is 17.0. The molecule has 6 heteroatoms. The molecule has 1 fully saturated rings. The van der Waals surface area contributed by atoms with E-state index in [0.717, 1.165) is 63.2 Å². The summed E-state index contributed by atoms with van der Waals surface area (Å²) in [6, 6.07) is 4.30. The summed E-state index contributed by atoms with van der Waals surface area (Å²) in [4.78, 5) is 16.5. The molecule has 1 saturated heterocycles. The summed E-state index contributed by atoms with van der Waals surface area (Å²) in [6.45, 7) is 14.6. The first-order chi connectivity index (χ1) is 12.7. The number of aromatic nitrogens is 1. The summed E-state index contributed by atoms with van der Waals surface area (Å²) in [5, 5.41) is 3.38. The zero-order valence-corrected chi connectivity index (χ0v) is 17.0. The number of nitrogens with zero attached hydrogens (tertiary/aromatic N) is 5. The quantitative estimate of drug-likeness (QED) is 0.570. The van der Waals surface area contributed by atoms with Gasteiger partial charge in [-0.2, -0.15) is 0 Å². The Morgan fingerprint density at radius 2 is 1.96 bits per heavy atom. The van der Waals surface area contributed by atoms with E-state index in [4.69, 9.17) is 4.99 Å². The van der Waals surface area contributed by atoms with Crippen LogP contribution in [0.4, 0.5) is 5.82 Å². The molecular weight excluding hydrogens is 324 g/mol. The molecule has 0 radical (unpaired) electrons. The van der Waals surface area contributed by atoms with Gasteiger partial charge in [-0.25, -0.2) is 9.98 Å². The van der Waals surface area contributed by atoms with Gasteiger partial charge in [0.2, 0.25) is 0 Å². The molecule has 0 atom stereocenters. The number of aliphatic imine (C=N–C) groups is 1. The van der Waals surface area contributed by atoms with Crippen molar-refractivity contribution in [2.45, 2.75) is 40.2 Å². The second-order valence-corrected chi connectivity index (χ2v) is 6.89. The molecule has 0 aromatic carbocycles. The Hall–Kier alpha value is -1.82. The van der Waals surface area contributed by atoms with Gasteiger partial charge in [0.05, 0.1) is 6.54 Å². The molecule has 0 spiro atoms. The topological polar surface area (TPSA) is 47.0 Å². The van der Waals surface area contributed by atoms with E-state index >= 15 is 0 Å². The van der Waals surface area contributed by atoms with Gasteiger partial charge in [-0.15, -0.1) is 0 Å². The van der Waals surface area contributed by atoms with Crippen LogP contribution in [0, 0.1) is 0 Å². The molecule has 0 unspecified atom stereocenters. The number of likely N-dealkylation sites (N-methyl/N-ethyl adjacent to an activating group) is 1. The Morgan fingerprint density at radius 1 is 1.19 bits per heavy atom. The number of guanidine groups is 1.